The largest absolute Gasteiger partial charge is 0.488 e. The quantitative estimate of drug-likeness (QED) is 0.791. The zero-order valence-electron chi connectivity index (χ0n) is 6.84. The first-order chi connectivity index (χ1) is 6.24. The first-order valence-corrected chi connectivity index (χ1v) is 4.48. The summed E-state index contributed by atoms with van der Waals surface area (Å²) in [5.74, 6) is 0.602. The van der Waals surface area contributed by atoms with Gasteiger partial charge < -0.3 is 10.5 Å². The van der Waals surface area contributed by atoms with Crippen LogP contribution in [0.4, 0.5) is 5.69 Å². The standard InChI is InChI=1S/C9H9Cl2NO/c10-4-1-5-13-9-3-2-7(12)6-8(9)11/h1-4,6H,5,12H2/b4-1+. The van der Waals surface area contributed by atoms with E-state index >= 15 is 0 Å². The lowest BCUT2D eigenvalue weighted by molar-refractivity contribution is 0.363. The van der Waals surface area contributed by atoms with Crippen LogP contribution in [0, 0.1) is 0 Å². The summed E-state index contributed by atoms with van der Waals surface area (Å²) in [4.78, 5) is 0. The molecule has 0 heterocycles. The van der Waals surface area contributed by atoms with E-state index in [2.05, 4.69) is 0 Å². The Bertz CT molecular complexity index is 312. The first-order valence-electron chi connectivity index (χ1n) is 3.67. The van der Waals surface area contributed by atoms with Crippen LogP contribution in [-0.2, 0) is 0 Å². The van der Waals surface area contributed by atoms with Crippen molar-refractivity contribution in [3.05, 3.63) is 34.8 Å². The molecule has 0 atom stereocenters. The number of nitrogens with two attached hydrogens (primary N) is 1. The molecule has 0 unspecified atom stereocenters. The first kappa shape index (κ1) is 10.2. The fraction of sp³-hybridized carbons (Fsp3) is 0.111. The van der Waals surface area contributed by atoms with Crippen LogP contribution in [0.15, 0.2) is 29.8 Å². The van der Waals surface area contributed by atoms with E-state index in [-0.39, 0.29) is 0 Å². The Morgan fingerprint density at radius 2 is 2.23 bits per heavy atom. The average Bonchev–Trinajstić information content (AvgIpc) is 2.09. The van der Waals surface area contributed by atoms with Crippen molar-refractivity contribution in [1.29, 1.82) is 0 Å². The van der Waals surface area contributed by atoms with Crippen LogP contribution in [0.3, 0.4) is 0 Å². The summed E-state index contributed by atoms with van der Waals surface area (Å²) in [5, 5.41) is 0.503. The van der Waals surface area contributed by atoms with Gasteiger partial charge in [-0.1, -0.05) is 23.2 Å². The summed E-state index contributed by atoms with van der Waals surface area (Å²) in [6, 6.07) is 5.09. The van der Waals surface area contributed by atoms with Crippen LogP contribution in [0.5, 0.6) is 5.75 Å². The van der Waals surface area contributed by atoms with Crippen molar-refractivity contribution in [3.63, 3.8) is 0 Å². The lowest BCUT2D eigenvalue weighted by Gasteiger charge is -2.05. The molecule has 0 amide bonds. The number of anilines is 1. The second kappa shape index (κ2) is 5.00. The maximum atomic E-state index is 5.85. The summed E-state index contributed by atoms with van der Waals surface area (Å²) in [7, 11) is 0. The molecule has 1 rings (SSSR count). The number of hydrogen-bond donors (Lipinski definition) is 1. The van der Waals surface area contributed by atoms with Crippen molar-refractivity contribution in [3.8, 4) is 5.75 Å². The number of ether oxygens (including phenoxy) is 1. The molecule has 0 aliphatic carbocycles. The third kappa shape index (κ3) is 3.17. The van der Waals surface area contributed by atoms with Crippen molar-refractivity contribution in [2.45, 2.75) is 0 Å². The molecule has 2 N–H and O–H groups in total. The fourth-order valence-electron chi connectivity index (χ4n) is 0.808. The van der Waals surface area contributed by atoms with E-state index < -0.39 is 0 Å². The maximum Gasteiger partial charge on any atom is 0.138 e. The maximum absolute atomic E-state index is 5.85. The summed E-state index contributed by atoms with van der Waals surface area (Å²) in [6.07, 6.45) is 1.67. The van der Waals surface area contributed by atoms with Gasteiger partial charge in [-0.3, -0.25) is 0 Å². The number of halogens is 2. The van der Waals surface area contributed by atoms with E-state index in [1.807, 2.05) is 0 Å². The molecule has 0 aliphatic heterocycles. The topological polar surface area (TPSA) is 35.2 Å². The number of nitrogen functional groups attached to an aromatic ring is 1. The summed E-state index contributed by atoms with van der Waals surface area (Å²) in [6.45, 7) is 0.396. The Balaban J connectivity index is 2.66. The molecule has 0 saturated carbocycles. The van der Waals surface area contributed by atoms with Gasteiger partial charge in [0.25, 0.3) is 0 Å². The van der Waals surface area contributed by atoms with Crippen molar-refractivity contribution >= 4 is 28.9 Å². The predicted molar refractivity (Wildman–Crippen MR) is 56.4 cm³/mol. The molecule has 0 saturated heterocycles. The Morgan fingerprint density at radius 1 is 1.46 bits per heavy atom. The molecule has 0 aromatic heterocycles. The van der Waals surface area contributed by atoms with Crippen LogP contribution in [0.25, 0.3) is 0 Å². The van der Waals surface area contributed by atoms with Crippen molar-refractivity contribution < 1.29 is 4.74 Å². The Morgan fingerprint density at radius 3 is 2.85 bits per heavy atom. The Kier molecular flexibility index (Phi) is 3.93. The Hall–Kier alpha value is -0.860. The molecule has 13 heavy (non-hydrogen) atoms. The van der Waals surface area contributed by atoms with Gasteiger partial charge in [0.05, 0.1) is 5.02 Å². The van der Waals surface area contributed by atoms with Crippen LogP contribution < -0.4 is 10.5 Å². The van der Waals surface area contributed by atoms with E-state index in [9.17, 15) is 0 Å². The highest BCUT2D eigenvalue weighted by Crippen LogP contribution is 2.26. The molecule has 70 valence electrons. The highest BCUT2D eigenvalue weighted by atomic mass is 35.5. The minimum Gasteiger partial charge on any atom is -0.488 e. The predicted octanol–water partition coefficient (Wildman–Crippen LogP) is 3.05. The van der Waals surface area contributed by atoms with E-state index in [0.29, 0.717) is 23.1 Å². The van der Waals surface area contributed by atoms with Gasteiger partial charge in [0.2, 0.25) is 0 Å². The number of hydrogen-bond acceptors (Lipinski definition) is 2. The van der Waals surface area contributed by atoms with Crippen molar-refractivity contribution in [2.75, 3.05) is 12.3 Å². The van der Waals surface area contributed by atoms with E-state index in [4.69, 9.17) is 33.7 Å². The lowest BCUT2D eigenvalue weighted by atomic mass is 10.3. The molecule has 0 fully saturated rings. The van der Waals surface area contributed by atoms with Gasteiger partial charge in [0.15, 0.2) is 0 Å². The third-order valence-electron chi connectivity index (χ3n) is 1.38. The van der Waals surface area contributed by atoms with Gasteiger partial charge in [-0.2, -0.15) is 0 Å². The molecule has 1 aromatic carbocycles. The smallest absolute Gasteiger partial charge is 0.138 e. The highest BCUT2D eigenvalue weighted by Gasteiger charge is 1.99. The second-order valence-electron chi connectivity index (χ2n) is 2.36. The molecule has 0 aliphatic rings. The molecule has 0 bridgehead atoms. The fourth-order valence-corrected chi connectivity index (χ4v) is 1.12. The van der Waals surface area contributed by atoms with E-state index in [0.717, 1.165) is 0 Å². The van der Waals surface area contributed by atoms with Gasteiger partial charge in [-0.05, 0) is 24.3 Å². The van der Waals surface area contributed by atoms with Gasteiger partial charge in [0.1, 0.15) is 12.4 Å². The summed E-state index contributed by atoms with van der Waals surface area (Å²) >= 11 is 11.2. The van der Waals surface area contributed by atoms with Crippen molar-refractivity contribution in [2.24, 2.45) is 0 Å². The van der Waals surface area contributed by atoms with Crippen LogP contribution in [0.2, 0.25) is 5.02 Å². The molecular weight excluding hydrogens is 209 g/mol. The van der Waals surface area contributed by atoms with Crippen LogP contribution in [-0.4, -0.2) is 6.61 Å². The van der Waals surface area contributed by atoms with Gasteiger partial charge in [-0.15, -0.1) is 0 Å². The Labute approximate surface area is 86.9 Å². The lowest BCUT2D eigenvalue weighted by Crippen LogP contribution is -1.94. The van der Waals surface area contributed by atoms with Crippen LogP contribution >= 0.6 is 23.2 Å². The zero-order chi connectivity index (χ0) is 9.68. The van der Waals surface area contributed by atoms with Crippen LogP contribution in [0.1, 0.15) is 0 Å². The summed E-state index contributed by atoms with van der Waals surface area (Å²) < 4.78 is 5.27. The normalized spacial score (nSPS) is 10.6. The summed E-state index contributed by atoms with van der Waals surface area (Å²) in [5.41, 5.74) is 7.52. The van der Waals surface area contributed by atoms with Crippen molar-refractivity contribution in [1.82, 2.24) is 0 Å². The molecule has 4 heteroatoms. The third-order valence-corrected chi connectivity index (χ3v) is 1.85. The SMILES string of the molecule is Nc1ccc(OC/C=C/Cl)c(Cl)c1. The monoisotopic (exact) mass is 217 g/mol. The van der Waals surface area contributed by atoms with Gasteiger partial charge >= 0.3 is 0 Å². The van der Waals surface area contributed by atoms with Gasteiger partial charge in [-0.25, -0.2) is 0 Å². The molecule has 0 spiro atoms. The minimum absolute atomic E-state index is 0.396. The molecule has 2 nitrogen and oxygen atoms in total. The average molecular weight is 218 g/mol. The number of rotatable bonds is 3. The highest BCUT2D eigenvalue weighted by molar-refractivity contribution is 6.32. The second-order valence-corrected chi connectivity index (χ2v) is 3.02. The number of benzene rings is 1. The molecule has 1 aromatic rings. The molecule has 0 radical (unpaired) electrons. The van der Waals surface area contributed by atoms with E-state index in [1.165, 1.54) is 5.54 Å². The minimum atomic E-state index is 0.396. The van der Waals surface area contributed by atoms with Gasteiger partial charge in [0, 0.05) is 11.2 Å². The molecular formula is C9H9Cl2NO. The van der Waals surface area contributed by atoms with E-state index in [1.54, 1.807) is 24.3 Å². The zero-order valence-corrected chi connectivity index (χ0v) is 8.35.